The molecule has 0 aromatic rings. The first-order valence-electron chi connectivity index (χ1n) is 5.28. The van der Waals surface area contributed by atoms with Crippen molar-refractivity contribution in [2.75, 3.05) is 26.9 Å². The van der Waals surface area contributed by atoms with E-state index in [0.29, 0.717) is 12.0 Å². The van der Waals surface area contributed by atoms with E-state index in [0.717, 1.165) is 26.2 Å². The maximum absolute atomic E-state index is 5.98. The van der Waals surface area contributed by atoms with Gasteiger partial charge in [0.2, 0.25) is 0 Å². The molecule has 0 aromatic carbocycles. The van der Waals surface area contributed by atoms with Gasteiger partial charge in [0.25, 0.3) is 0 Å². The highest BCUT2D eigenvalue weighted by molar-refractivity contribution is 5.01. The van der Waals surface area contributed by atoms with Crippen LogP contribution in [0.5, 0.6) is 0 Å². The summed E-state index contributed by atoms with van der Waals surface area (Å²) in [6, 6.07) is 0.357. The molecule has 80 valence electrons. The molecule has 0 aromatic heterocycles. The lowest BCUT2D eigenvalue weighted by Gasteiger charge is -2.43. The van der Waals surface area contributed by atoms with Crippen molar-refractivity contribution in [1.29, 1.82) is 0 Å². The predicted molar refractivity (Wildman–Crippen MR) is 55.0 cm³/mol. The normalized spacial score (nSPS) is 44.4. The molecule has 0 saturated carbocycles. The molecule has 0 unspecified atom stereocenters. The van der Waals surface area contributed by atoms with Crippen LogP contribution in [0.3, 0.4) is 0 Å². The third kappa shape index (κ3) is 1.31. The van der Waals surface area contributed by atoms with E-state index in [-0.39, 0.29) is 5.72 Å². The second-order valence-electron chi connectivity index (χ2n) is 4.30. The minimum atomic E-state index is -0.100. The Morgan fingerprint density at radius 1 is 1.50 bits per heavy atom. The summed E-state index contributed by atoms with van der Waals surface area (Å²) in [6.45, 7) is 8.41. The van der Waals surface area contributed by atoms with E-state index in [4.69, 9.17) is 9.47 Å². The van der Waals surface area contributed by atoms with Gasteiger partial charge < -0.3 is 9.47 Å². The number of likely N-dealkylation sites (N-methyl/N-ethyl adjacent to an activating group) is 1. The van der Waals surface area contributed by atoms with E-state index in [1.165, 1.54) is 0 Å². The summed E-state index contributed by atoms with van der Waals surface area (Å²) < 4.78 is 11.4. The summed E-state index contributed by atoms with van der Waals surface area (Å²) in [5.74, 6) is 0.436. The molecule has 0 bridgehead atoms. The zero-order chi connectivity index (χ0) is 10.2. The van der Waals surface area contributed by atoms with Crippen molar-refractivity contribution >= 4 is 0 Å². The molecule has 2 heterocycles. The van der Waals surface area contributed by atoms with Crippen LogP contribution >= 0.6 is 0 Å². The monoisotopic (exact) mass is 197 g/mol. The first kappa shape index (κ1) is 10.1. The van der Waals surface area contributed by atoms with Gasteiger partial charge in [0, 0.05) is 12.3 Å². The van der Waals surface area contributed by atoms with Crippen LogP contribution in [0.15, 0.2) is 12.7 Å². The van der Waals surface area contributed by atoms with Gasteiger partial charge in [-0.2, -0.15) is 0 Å². The highest BCUT2D eigenvalue weighted by Gasteiger charge is 2.49. The van der Waals surface area contributed by atoms with E-state index < -0.39 is 0 Å². The minimum absolute atomic E-state index is 0.100. The molecule has 2 aliphatic rings. The van der Waals surface area contributed by atoms with Crippen LogP contribution < -0.4 is 0 Å². The number of hydrogen-bond donors (Lipinski definition) is 0. The Bertz CT molecular complexity index is 231. The van der Waals surface area contributed by atoms with Crippen LogP contribution in [0, 0.1) is 5.92 Å². The predicted octanol–water partition coefficient (Wildman–Crippen LogP) is 1.26. The highest BCUT2D eigenvalue weighted by atomic mass is 16.5. The summed E-state index contributed by atoms with van der Waals surface area (Å²) in [6.07, 6.45) is 2.94. The maximum atomic E-state index is 5.98. The molecule has 3 heteroatoms. The third-order valence-corrected chi connectivity index (χ3v) is 3.61. The van der Waals surface area contributed by atoms with Crippen LogP contribution in [0.1, 0.15) is 13.3 Å². The second-order valence-corrected chi connectivity index (χ2v) is 4.30. The van der Waals surface area contributed by atoms with Gasteiger partial charge in [-0.25, -0.2) is 0 Å². The molecular weight excluding hydrogens is 178 g/mol. The van der Waals surface area contributed by atoms with Crippen molar-refractivity contribution < 1.29 is 9.47 Å². The summed E-state index contributed by atoms with van der Waals surface area (Å²) in [5.41, 5.74) is -0.100. The van der Waals surface area contributed by atoms with E-state index in [1.807, 2.05) is 6.08 Å². The molecule has 2 fully saturated rings. The second kappa shape index (κ2) is 3.65. The summed E-state index contributed by atoms with van der Waals surface area (Å²) >= 11 is 0. The van der Waals surface area contributed by atoms with Gasteiger partial charge in [-0.3, -0.25) is 4.90 Å². The highest BCUT2D eigenvalue weighted by Crippen LogP contribution is 2.38. The van der Waals surface area contributed by atoms with Crippen molar-refractivity contribution in [3.05, 3.63) is 12.7 Å². The molecule has 2 saturated heterocycles. The lowest BCUT2D eigenvalue weighted by atomic mass is 9.91. The van der Waals surface area contributed by atoms with Gasteiger partial charge in [0.15, 0.2) is 0 Å². The van der Waals surface area contributed by atoms with Gasteiger partial charge >= 0.3 is 0 Å². The summed E-state index contributed by atoms with van der Waals surface area (Å²) in [5, 5.41) is 0. The number of ether oxygens (including phenoxy) is 2. The first-order valence-corrected chi connectivity index (χ1v) is 5.28. The van der Waals surface area contributed by atoms with E-state index in [1.54, 1.807) is 0 Å². The average molecular weight is 197 g/mol. The number of rotatable bonds is 1. The van der Waals surface area contributed by atoms with Crippen molar-refractivity contribution in [2.24, 2.45) is 5.92 Å². The van der Waals surface area contributed by atoms with E-state index >= 15 is 0 Å². The quantitative estimate of drug-likeness (QED) is 0.591. The Hall–Kier alpha value is -0.380. The minimum Gasteiger partial charge on any atom is -0.381 e. The molecule has 3 atom stereocenters. The lowest BCUT2D eigenvalue weighted by Crippen LogP contribution is -2.54. The van der Waals surface area contributed by atoms with Crippen LogP contribution in [0.4, 0.5) is 0 Å². The molecule has 2 rings (SSSR count). The van der Waals surface area contributed by atoms with Crippen LogP contribution in [-0.4, -0.2) is 43.5 Å². The fraction of sp³-hybridized carbons (Fsp3) is 0.818. The Labute approximate surface area is 85.7 Å². The van der Waals surface area contributed by atoms with Crippen LogP contribution in [-0.2, 0) is 9.47 Å². The molecule has 1 spiro atoms. The van der Waals surface area contributed by atoms with Crippen molar-refractivity contribution in [3.8, 4) is 0 Å². The lowest BCUT2D eigenvalue weighted by molar-refractivity contribution is -0.173. The summed E-state index contributed by atoms with van der Waals surface area (Å²) in [7, 11) is 2.13. The Balaban J connectivity index is 2.18. The smallest absolute Gasteiger partial charge is 0.129 e. The average Bonchev–Trinajstić information content (AvgIpc) is 2.51. The fourth-order valence-corrected chi connectivity index (χ4v) is 2.54. The zero-order valence-corrected chi connectivity index (χ0v) is 9.03. The van der Waals surface area contributed by atoms with E-state index in [9.17, 15) is 0 Å². The van der Waals surface area contributed by atoms with Gasteiger partial charge in [0.1, 0.15) is 5.72 Å². The molecule has 0 N–H and O–H groups in total. The Morgan fingerprint density at radius 3 is 2.86 bits per heavy atom. The molecule has 2 aliphatic heterocycles. The molecular formula is C11H19NO2. The SMILES string of the molecule is C=C[C@@H]1CO[C@]2(CCOC[C@@H]2C)N1C. The van der Waals surface area contributed by atoms with Gasteiger partial charge in [0.05, 0.1) is 25.9 Å². The van der Waals surface area contributed by atoms with E-state index in [2.05, 4.69) is 25.5 Å². The molecule has 0 aliphatic carbocycles. The molecule has 0 radical (unpaired) electrons. The van der Waals surface area contributed by atoms with Gasteiger partial charge in [-0.15, -0.1) is 6.58 Å². The molecule has 14 heavy (non-hydrogen) atoms. The maximum Gasteiger partial charge on any atom is 0.129 e. The molecule has 3 nitrogen and oxygen atoms in total. The fourth-order valence-electron chi connectivity index (χ4n) is 2.54. The largest absolute Gasteiger partial charge is 0.381 e. The summed E-state index contributed by atoms with van der Waals surface area (Å²) in [4.78, 5) is 2.31. The number of hydrogen-bond acceptors (Lipinski definition) is 3. The Kier molecular flexibility index (Phi) is 2.64. The van der Waals surface area contributed by atoms with Crippen LogP contribution in [0.2, 0.25) is 0 Å². The van der Waals surface area contributed by atoms with Crippen molar-refractivity contribution in [2.45, 2.75) is 25.1 Å². The van der Waals surface area contributed by atoms with Crippen molar-refractivity contribution in [1.82, 2.24) is 4.90 Å². The van der Waals surface area contributed by atoms with Crippen LogP contribution in [0.25, 0.3) is 0 Å². The third-order valence-electron chi connectivity index (χ3n) is 3.61. The standard InChI is InChI=1S/C11H19NO2/c1-4-10-8-14-11(12(10)3)5-6-13-7-9(11)2/h4,9-10H,1,5-8H2,2-3H3/t9-,10+,11-/m0/s1. The Morgan fingerprint density at radius 2 is 2.29 bits per heavy atom. The zero-order valence-electron chi connectivity index (χ0n) is 9.03. The van der Waals surface area contributed by atoms with Gasteiger partial charge in [-0.05, 0) is 7.05 Å². The van der Waals surface area contributed by atoms with Crippen molar-refractivity contribution in [3.63, 3.8) is 0 Å². The number of nitrogens with zero attached hydrogens (tertiary/aromatic N) is 1. The first-order chi connectivity index (χ1) is 6.70. The topological polar surface area (TPSA) is 21.7 Å². The molecule has 0 amide bonds. The van der Waals surface area contributed by atoms with Gasteiger partial charge in [-0.1, -0.05) is 13.0 Å².